The first kappa shape index (κ1) is 14.0. The predicted octanol–water partition coefficient (Wildman–Crippen LogP) is 10.3. The van der Waals surface area contributed by atoms with Crippen LogP contribution in [0.1, 0.15) is 11.0 Å². The van der Waals surface area contributed by atoms with Crippen molar-refractivity contribution in [3.05, 3.63) is 133 Å². The number of hydrogen-bond donors (Lipinski definition) is 0. The van der Waals surface area contributed by atoms with Gasteiger partial charge < -0.3 is 4.74 Å². The van der Waals surface area contributed by atoms with Crippen molar-refractivity contribution < 1.29 is 15.7 Å². The van der Waals surface area contributed by atoms with Gasteiger partial charge in [0.2, 0.25) is 0 Å². The van der Waals surface area contributed by atoms with E-state index in [2.05, 4.69) is 0 Å². The van der Waals surface area contributed by atoms with Crippen molar-refractivity contribution in [3.63, 3.8) is 0 Å². The SMILES string of the molecule is [2H]c1c([2H])c([2H])c2c(-c3ccc4c5c(cccc35)Oc3ccccc3-4)c3c([2H])c([2H])c([2H])c([2H])c3c(-c3ccccc3)c2c1[2H]. The Labute approximate surface area is 226 Å². The van der Waals surface area contributed by atoms with Gasteiger partial charge >= 0.3 is 0 Å². The molecule has 0 fully saturated rings. The van der Waals surface area contributed by atoms with Gasteiger partial charge in [0.1, 0.15) is 11.5 Å². The summed E-state index contributed by atoms with van der Waals surface area (Å²) in [6.45, 7) is 0. The highest BCUT2D eigenvalue weighted by Gasteiger charge is 2.23. The molecule has 0 radical (unpaired) electrons. The van der Waals surface area contributed by atoms with Crippen LogP contribution in [0.4, 0.5) is 0 Å². The average molecular weight is 479 g/mol. The first-order valence-electron chi connectivity index (χ1n) is 16.1. The van der Waals surface area contributed by atoms with Gasteiger partial charge in [-0.2, -0.15) is 0 Å². The van der Waals surface area contributed by atoms with Crippen molar-refractivity contribution in [2.24, 2.45) is 0 Å². The number of fused-ring (bicyclic) bond motifs is 4. The van der Waals surface area contributed by atoms with Gasteiger partial charge in [0.05, 0.1) is 11.0 Å². The molecule has 0 saturated carbocycles. The second-order valence-electron chi connectivity index (χ2n) is 9.05. The number of benzene rings is 7. The van der Waals surface area contributed by atoms with Crippen LogP contribution in [-0.4, -0.2) is 0 Å². The van der Waals surface area contributed by atoms with E-state index in [4.69, 9.17) is 13.0 Å². The summed E-state index contributed by atoms with van der Waals surface area (Å²) >= 11 is 0. The van der Waals surface area contributed by atoms with E-state index in [-0.39, 0.29) is 45.7 Å². The Bertz CT molecular complexity index is 2360. The van der Waals surface area contributed by atoms with Crippen LogP contribution in [0.3, 0.4) is 0 Å². The molecule has 8 rings (SSSR count). The predicted molar refractivity (Wildman–Crippen MR) is 155 cm³/mol. The maximum atomic E-state index is 9.20. The highest BCUT2D eigenvalue weighted by Crippen LogP contribution is 2.51. The largest absolute Gasteiger partial charge is 0.456 e. The quantitative estimate of drug-likeness (QED) is 0.225. The molecule has 0 unspecified atom stereocenters. The van der Waals surface area contributed by atoms with Crippen LogP contribution in [0.25, 0.3) is 65.7 Å². The van der Waals surface area contributed by atoms with Crippen molar-refractivity contribution in [2.75, 3.05) is 0 Å². The molecule has 1 heterocycles. The Morgan fingerprint density at radius 1 is 0.432 bits per heavy atom. The zero-order valence-corrected chi connectivity index (χ0v) is 19.5. The van der Waals surface area contributed by atoms with Crippen LogP contribution in [0.5, 0.6) is 11.5 Å². The van der Waals surface area contributed by atoms with Gasteiger partial charge in [0.25, 0.3) is 0 Å². The fraction of sp³-hybridized carbons (Fsp3) is 0. The lowest BCUT2D eigenvalue weighted by Crippen LogP contribution is -1.98. The third kappa shape index (κ3) is 2.92. The Balaban J connectivity index is 1.68. The van der Waals surface area contributed by atoms with Crippen LogP contribution < -0.4 is 4.74 Å². The molecule has 1 aliphatic heterocycles. The van der Waals surface area contributed by atoms with Gasteiger partial charge in [-0.05, 0) is 66.9 Å². The number of hydrogen-bond acceptors (Lipinski definition) is 1. The molecule has 1 aliphatic rings. The molecule has 172 valence electrons. The smallest absolute Gasteiger partial charge is 0.135 e. The topological polar surface area (TPSA) is 9.23 Å². The minimum Gasteiger partial charge on any atom is -0.456 e. The van der Waals surface area contributed by atoms with Crippen molar-refractivity contribution >= 4 is 32.3 Å². The summed E-state index contributed by atoms with van der Waals surface area (Å²) in [5.74, 6) is 1.35. The summed E-state index contributed by atoms with van der Waals surface area (Å²) < 4.78 is 77.5. The van der Waals surface area contributed by atoms with E-state index in [1.165, 1.54) is 0 Å². The van der Waals surface area contributed by atoms with Crippen molar-refractivity contribution in [1.29, 1.82) is 0 Å². The molecule has 1 heteroatoms. The van der Waals surface area contributed by atoms with Gasteiger partial charge in [-0.1, -0.05) is 121 Å². The molecular weight excluding hydrogens is 448 g/mol. The summed E-state index contributed by atoms with van der Waals surface area (Å²) in [4.78, 5) is 0. The van der Waals surface area contributed by atoms with Crippen molar-refractivity contribution in [3.8, 4) is 44.9 Å². The van der Waals surface area contributed by atoms with Gasteiger partial charge in [-0.15, -0.1) is 0 Å². The zero-order chi connectivity index (χ0) is 31.3. The lowest BCUT2D eigenvalue weighted by atomic mass is 9.83. The van der Waals surface area contributed by atoms with E-state index >= 15 is 0 Å². The molecule has 0 N–H and O–H groups in total. The fourth-order valence-corrected chi connectivity index (χ4v) is 5.59. The van der Waals surface area contributed by atoms with Crippen LogP contribution in [0.2, 0.25) is 0 Å². The highest BCUT2D eigenvalue weighted by molar-refractivity contribution is 6.24. The molecule has 0 spiro atoms. The molecular formula is C36H22O. The van der Waals surface area contributed by atoms with Gasteiger partial charge in [-0.3, -0.25) is 0 Å². The van der Waals surface area contributed by atoms with E-state index in [1.807, 2.05) is 60.7 Å². The second-order valence-corrected chi connectivity index (χ2v) is 9.05. The van der Waals surface area contributed by atoms with E-state index in [1.54, 1.807) is 24.3 Å². The number of ether oxygens (including phenoxy) is 1. The van der Waals surface area contributed by atoms with Gasteiger partial charge in [-0.25, -0.2) is 0 Å². The summed E-state index contributed by atoms with van der Waals surface area (Å²) in [6, 6.07) is 23.4. The standard InChI is InChI=1S/C36H22O/c1-2-11-23(12-3-1)34-25-14-4-6-16-27(25)35(28-17-7-5-15-26(28)34)31-22-21-30-24-13-8-9-19-32(24)37-33-20-10-18-29(31)36(30)33/h1-22H/i4D,5D,6D,7D,14D,15D,16D,17D. The van der Waals surface area contributed by atoms with Crippen LogP contribution >= 0.6 is 0 Å². The fourth-order valence-electron chi connectivity index (χ4n) is 5.59. The summed E-state index contributed by atoms with van der Waals surface area (Å²) in [6.07, 6.45) is 0. The average Bonchev–Trinajstić information content (AvgIpc) is 3.07. The monoisotopic (exact) mass is 478 g/mol. The molecule has 0 bridgehead atoms. The number of rotatable bonds is 2. The maximum Gasteiger partial charge on any atom is 0.135 e. The molecule has 0 aliphatic carbocycles. The van der Waals surface area contributed by atoms with E-state index in [0.29, 0.717) is 28.0 Å². The van der Waals surface area contributed by atoms with Crippen LogP contribution in [0.15, 0.2) is 133 Å². The highest BCUT2D eigenvalue weighted by atomic mass is 16.5. The van der Waals surface area contributed by atoms with E-state index < -0.39 is 24.2 Å². The Morgan fingerprint density at radius 3 is 1.76 bits per heavy atom. The third-order valence-electron chi connectivity index (χ3n) is 7.11. The number of para-hydroxylation sites is 1. The minimum atomic E-state index is -0.423. The first-order valence-corrected chi connectivity index (χ1v) is 12.1. The molecule has 0 aromatic heterocycles. The summed E-state index contributed by atoms with van der Waals surface area (Å²) in [7, 11) is 0. The Hall–Kier alpha value is -4.88. The summed E-state index contributed by atoms with van der Waals surface area (Å²) in [5, 5.41) is 2.31. The zero-order valence-electron chi connectivity index (χ0n) is 27.5. The Kier molecular flexibility index (Phi) is 2.96. The lowest BCUT2D eigenvalue weighted by molar-refractivity contribution is 0.487. The molecule has 0 amide bonds. The third-order valence-corrected chi connectivity index (χ3v) is 7.11. The van der Waals surface area contributed by atoms with Gasteiger partial charge in [0.15, 0.2) is 0 Å². The van der Waals surface area contributed by atoms with Crippen LogP contribution in [0, 0.1) is 0 Å². The van der Waals surface area contributed by atoms with Crippen molar-refractivity contribution in [2.45, 2.75) is 0 Å². The normalized spacial score (nSPS) is 15.0. The van der Waals surface area contributed by atoms with Gasteiger partial charge in [0, 0.05) is 10.9 Å². The van der Waals surface area contributed by atoms with E-state index in [0.717, 1.165) is 27.6 Å². The lowest BCUT2D eigenvalue weighted by Gasteiger charge is -2.24. The van der Waals surface area contributed by atoms with Crippen LogP contribution in [-0.2, 0) is 0 Å². The molecule has 7 aromatic carbocycles. The minimum absolute atomic E-state index is 0.190. The Morgan fingerprint density at radius 2 is 1.03 bits per heavy atom. The van der Waals surface area contributed by atoms with Crippen molar-refractivity contribution in [1.82, 2.24) is 0 Å². The first-order chi connectivity index (χ1) is 21.7. The second kappa shape index (κ2) is 7.81. The molecule has 7 aromatic rings. The summed E-state index contributed by atoms with van der Waals surface area (Å²) in [5.41, 5.74) is 3.65. The molecule has 0 atom stereocenters. The molecule has 0 saturated heterocycles. The maximum absolute atomic E-state index is 9.20. The van der Waals surface area contributed by atoms with E-state index in [9.17, 15) is 2.74 Å². The molecule has 1 nitrogen and oxygen atoms in total. The molecule has 37 heavy (non-hydrogen) atoms.